The van der Waals surface area contributed by atoms with Gasteiger partial charge in [0.25, 0.3) is 0 Å². The minimum Gasteiger partial charge on any atom is -0.420 e. The maximum absolute atomic E-state index is 13.5. The normalized spacial score (nSPS) is 19.5. The van der Waals surface area contributed by atoms with Crippen LogP contribution < -0.4 is 15.4 Å². The zero-order valence-electron chi connectivity index (χ0n) is 22.7. The fourth-order valence-corrected chi connectivity index (χ4v) is 5.83. The molecule has 2 saturated heterocycles. The van der Waals surface area contributed by atoms with Crippen LogP contribution in [0.3, 0.4) is 0 Å². The lowest BCUT2D eigenvalue weighted by atomic mass is 10.0. The third-order valence-electron chi connectivity index (χ3n) is 6.55. The molecule has 15 heteroatoms. The second-order valence-corrected chi connectivity index (χ2v) is 10.8. The topological polar surface area (TPSA) is 115 Å². The lowest BCUT2D eigenvalue weighted by molar-refractivity contribution is -0.136. The molecule has 1 aromatic carbocycles. The molecule has 41 heavy (non-hydrogen) atoms. The monoisotopic (exact) mass is 609 g/mol. The first kappa shape index (κ1) is 32.9. The highest BCUT2D eigenvalue weighted by Gasteiger charge is 2.42. The van der Waals surface area contributed by atoms with Gasteiger partial charge in [-0.15, -0.1) is 0 Å². The summed E-state index contributed by atoms with van der Waals surface area (Å²) in [5.41, 5.74) is 0. The highest BCUT2D eigenvalue weighted by atomic mass is 32.2. The summed E-state index contributed by atoms with van der Waals surface area (Å²) in [6, 6.07) is 0.311. The van der Waals surface area contributed by atoms with Gasteiger partial charge >= 0.3 is 12.0 Å². The molecule has 0 aromatic heterocycles. The van der Waals surface area contributed by atoms with Crippen molar-refractivity contribution in [3.05, 3.63) is 29.3 Å². The summed E-state index contributed by atoms with van der Waals surface area (Å²) in [6.07, 6.45) is 2.75. The molecule has 230 valence electrons. The van der Waals surface area contributed by atoms with E-state index < -0.39 is 41.4 Å². The molecule has 0 saturated carbocycles. The number of halogens is 4. The number of hydrogen-bond acceptors (Lipinski definition) is 8. The zero-order chi connectivity index (χ0) is 29.8. The fraction of sp³-hybridized carbons (Fsp3) is 0.654. The van der Waals surface area contributed by atoms with Crippen LogP contribution >= 0.6 is 11.8 Å². The van der Waals surface area contributed by atoms with Gasteiger partial charge in [0.2, 0.25) is 23.3 Å². The van der Waals surface area contributed by atoms with Gasteiger partial charge in [0.1, 0.15) is 0 Å². The number of rotatable bonds is 18. The van der Waals surface area contributed by atoms with E-state index in [2.05, 4.69) is 15.4 Å². The van der Waals surface area contributed by atoms with E-state index >= 15 is 0 Å². The van der Waals surface area contributed by atoms with Crippen molar-refractivity contribution in [1.82, 2.24) is 15.5 Å². The number of ether oxygens (including phenoxy) is 4. The van der Waals surface area contributed by atoms with E-state index in [9.17, 15) is 31.9 Å². The number of nitrogens with one attached hydrogen (secondary N) is 2. The summed E-state index contributed by atoms with van der Waals surface area (Å²) in [7, 11) is 1.73. The van der Waals surface area contributed by atoms with Crippen molar-refractivity contribution >= 4 is 29.7 Å². The molecule has 0 unspecified atom stereocenters. The molecule has 3 rings (SSSR count). The fourth-order valence-electron chi connectivity index (χ4n) is 4.28. The van der Waals surface area contributed by atoms with Gasteiger partial charge in [-0.05, 0) is 12.8 Å². The van der Waals surface area contributed by atoms with Gasteiger partial charge < -0.3 is 34.5 Å². The Morgan fingerprint density at radius 2 is 1.56 bits per heavy atom. The van der Waals surface area contributed by atoms with Gasteiger partial charge in [-0.1, -0.05) is 6.42 Å². The zero-order valence-corrected chi connectivity index (χ0v) is 23.5. The van der Waals surface area contributed by atoms with Crippen molar-refractivity contribution in [3.8, 4) is 5.75 Å². The van der Waals surface area contributed by atoms with Crippen molar-refractivity contribution in [2.75, 3.05) is 59.0 Å². The molecule has 0 aliphatic carbocycles. The van der Waals surface area contributed by atoms with E-state index in [0.717, 1.165) is 25.0 Å². The predicted octanol–water partition coefficient (Wildman–Crippen LogP) is 2.77. The average Bonchev–Trinajstić information content (AvgIpc) is 3.49. The van der Waals surface area contributed by atoms with E-state index in [0.29, 0.717) is 31.4 Å². The molecule has 0 radical (unpaired) electrons. The summed E-state index contributed by atoms with van der Waals surface area (Å²) >= 11 is 1.86. The SMILES string of the molecule is CN(CCOCCOCCOCCC(=O)Oc1c(F)c(F)cc(F)c1F)C(=O)CCCC[C@@H]1SC[C@@H]2NC(=O)N[C@@H]21. The molecule has 2 heterocycles. The van der Waals surface area contributed by atoms with Crippen LogP contribution in [0, 0.1) is 23.3 Å². The van der Waals surface area contributed by atoms with E-state index in [4.69, 9.17) is 14.2 Å². The number of unbranched alkanes of at least 4 members (excludes halogenated alkanes) is 1. The van der Waals surface area contributed by atoms with Gasteiger partial charge in [-0.2, -0.15) is 20.5 Å². The van der Waals surface area contributed by atoms with Crippen LogP contribution in [-0.4, -0.2) is 99.1 Å². The summed E-state index contributed by atoms with van der Waals surface area (Å²) < 4.78 is 73.6. The maximum atomic E-state index is 13.5. The first-order valence-electron chi connectivity index (χ1n) is 13.4. The first-order chi connectivity index (χ1) is 19.7. The number of hydrogen-bond donors (Lipinski definition) is 2. The average molecular weight is 610 g/mol. The van der Waals surface area contributed by atoms with Crippen LogP contribution in [0.25, 0.3) is 0 Å². The molecule has 2 N–H and O–H groups in total. The molecule has 10 nitrogen and oxygen atoms in total. The number of carbonyl (C=O) groups is 3. The Hall–Kier alpha value is -2.62. The maximum Gasteiger partial charge on any atom is 0.315 e. The van der Waals surface area contributed by atoms with Crippen LogP contribution in [0.1, 0.15) is 32.1 Å². The predicted molar refractivity (Wildman–Crippen MR) is 141 cm³/mol. The van der Waals surface area contributed by atoms with Crippen molar-refractivity contribution in [1.29, 1.82) is 0 Å². The number of likely N-dealkylation sites (N-methyl/N-ethyl adjacent to an activating group) is 1. The Balaban J connectivity index is 1.11. The van der Waals surface area contributed by atoms with Gasteiger partial charge in [-0.25, -0.2) is 13.6 Å². The largest absolute Gasteiger partial charge is 0.420 e. The number of fused-ring (bicyclic) bond motifs is 1. The molecular weight excluding hydrogens is 574 g/mol. The van der Waals surface area contributed by atoms with Crippen LogP contribution in [0.5, 0.6) is 5.75 Å². The number of carbonyl (C=O) groups excluding carboxylic acids is 3. The standard InChI is InChI=1S/C26H35F4N3O7S/c1-33(20(34)5-3-2-4-19-24-18(15-41-19)31-26(36)32-24)7-9-38-11-13-39-12-10-37-8-6-21(35)40-25-22(29)16(27)14-17(28)23(25)30/h14,18-19,24H,2-13,15H2,1H3,(H2,31,32,36)/t18-,19-,24-/m0/s1. The van der Waals surface area contributed by atoms with Crippen molar-refractivity contribution in [3.63, 3.8) is 0 Å². The first-order valence-corrected chi connectivity index (χ1v) is 14.4. The van der Waals surface area contributed by atoms with Crippen molar-refractivity contribution in [2.24, 2.45) is 0 Å². The molecule has 3 atom stereocenters. The molecule has 2 aliphatic heterocycles. The summed E-state index contributed by atoms with van der Waals surface area (Å²) in [6.45, 7) is 1.55. The summed E-state index contributed by atoms with van der Waals surface area (Å²) in [5.74, 6) is -8.52. The molecule has 1 aromatic rings. The number of thioether (sulfide) groups is 1. The van der Waals surface area contributed by atoms with E-state index in [-0.39, 0.29) is 56.5 Å². The molecule has 0 bridgehead atoms. The Morgan fingerprint density at radius 1 is 0.927 bits per heavy atom. The van der Waals surface area contributed by atoms with Crippen LogP contribution in [0.2, 0.25) is 0 Å². The number of esters is 1. The Morgan fingerprint density at radius 3 is 2.24 bits per heavy atom. The minimum absolute atomic E-state index is 0.0159. The number of benzene rings is 1. The Bertz CT molecular complexity index is 1030. The van der Waals surface area contributed by atoms with E-state index in [1.165, 1.54) is 0 Å². The van der Waals surface area contributed by atoms with Crippen molar-refractivity contribution < 1.29 is 50.9 Å². The van der Waals surface area contributed by atoms with Gasteiger partial charge in [0.05, 0.1) is 58.1 Å². The third-order valence-corrected chi connectivity index (χ3v) is 8.05. The number of urea groups is 1. The highest BCUT2D eigenvalue weighted by molar-refractivity contribution is 8.00. The lowest BCUT2D eigenvalue weighted by Crippen LogP contribution is -2.36. The van der Waals surface area contributed by atoms with Gasteiger partial charge in [-0.3, -0.25) is 9.59 Å². The van der Waals surface area contributed by atoms with E-state index in [1.54, 1.807) is 11.9 Å². The Labute approximate surface area is 239 Å². The van der Waals surface area contributed by atoms with Crippen molar-refractivity contribution in [2.45, 2.75) is 49.4 Å². The van der Waals surface area contributed by atoms with E-state index in [1.807, 2.05) is 11.8 Å². The summed E-state index contributed by atoms with van der Waals surface area (Å²) in [5, 5.41) is 6.29. The quantitative estimate of drug-likeness (QED) is 0.0653. The van der Waals surface area contributed by atoms with Gasteiger partial charge in [0, 0.05) is 37.1 Å². The smallest absolute Gasteiger partial charge is 0.315 e. The molecular formula is C26H35F4N3O7S. The highest BCUT2D eigenvalue weighted by Crippen LogP contribution is 2.33. The molecule has 2 fully saturated rings. The Kier molecular flexibility index (Phi) is 13.4. The second kappa shape index (κ2) is 16.7. The lowest BCUT2D eigenvalue weighted by Gasteiger charge is -2.18. The van der Waals surface area contributed by atoms with Gasteiger partial charge in [0.15, 0.2) is 11.6 Å². The minimum atomic E-state index is -1.80. The molecule has 3 amide bonds. The summed E-state index contributed by atoms with van der Waals surface area (Å²) in [4.78, 5) is 37.1. The van der Waals surface area contributed by atoms with Crippen LogP contribution in [-0.2, 0) is 23.8 Å². The van der Waals surface area contributed by atoms with Crippen LogP contribution in [0.4, 0.5) is 22.4 Å². The second-order valence-electron chi connectivity index (χ2n) is 9.54. The number of nitrogens with zero attached hydrogens (tertiary/aromatic N) is 1. The molecule has 2 aliphatic rings. The molecule has 0 spiro atoms. The van der Waals surface area contributed by atoms with Crippen LogP contribution in [0.15, 0.2) is 6.07 Å². The number of amides is 3. The third kappa shape index (κ3) is 10.3.